The highest BCUT2D eigenvalue weighted by molar-refractivity contribution is 5.64. The second kappa shape index (κ2) is 2.58. The summed E-state index contributed by atoms with van der Waals surface area (Å²) in [5, 5.41) is 3.57. The zero-order valence-corrected chi connectivity index (χ0v) is 9.85. The first kappa shape index (κ1) is 9.26. The molecule has 1 heteroatoms. The van der Waals surface area contributed by atoms with Crippen LogP contribution in [0.3, 0.4) is 0 Å². The topological polar surface area (TPSA) is 12.0 Å². The van der Waals surface area contributed by atoms with Crippen LogP contribution in [-0.4, -0.2) is 6.54 Å². The Kier molecular flexibility index (Phi) is 1.59. The van der Waals surface area contributed by atoms with Crippen molar-refractivity contribution in [2.24, 2.45) is 0 Å². The van der Waals surface area contributed by atoms with Crippen molar-refractivity contribution in [2.45, 2.75) is 44.4 Å². The van der Waals surface area contributed by atoms with Gasteiger partial charge in [0.25, 0.3) is 0 Å². The molecule has 0 aromatic heterocycles. The van der Waals surface area contributed by atoms with Crippen molar-refractivity contribution in [2.75, 3.05) is 11.9 Å². The van der Waals surface area contributed by atoms with Crippen LogP contribution < -0.4 is 5.32 Å². The van der Waals surface area contributed by atoms with Gasteiger partial charge in [-0.2, -0.15) is 0 Å². The normalized spacial score (nSPS) is 21.3. The summed E-state index contributed by atoms with van der Waals surface area (Å²) < 4.78 is 0. The summed E-state index contributed by atoms with van der Waals surface area (Å²) in [7, 11) is 0. The van der Waals surface area contributed by atoms with Gasteiger partial charge in [-0.1, -0.05) is 32.9 Å². The maximum absolute atomic E-state index is 3.57. The van der Waals surface area contributed by atoms with Crippen molar-refractivity contribution in [3.05, 3.63) is 29.3 Å². The van der Waals surface area contributed by atoms with Gasteiger partial charge in [0, 0.05) is 17.6 Å². The molecule has 1 heterocycles. The summed E-state index contributed by atoms with van der Waals surface area (Å²) in [6.07, 6.45) is 2.75. The molecule has 1 nitrogen and oxygen atoms in total. The summed E-state index contributed by atoms with van der Waals surface area (Å²) in [4.78, 5) is 0. The highest BCUT2D eigenvalue weighted by Crippen LogP contribution is 2.54. The van der Waals surface area contributed by atoms with E-state index in [1.54, 1.807) is 5.56 Å². The standard InChI is InChI=1S/C14H19N/c1-13(2,3)10-4-5-11-12(8-10)15-9-14(11)6-7-14/h4-5,8,15H,6-7,9H2,1-3H3. The second-order valence-electron chi connectivity index (χ2n) is 6.14. The van der Waals surface area contributed by atoms with Crippen molar-refractivity contribution in [3.63, 3.8) is 0 Å². The Balaban J connectivity index is 2.06. The van der Waals surface area contributed by atoms with Crippen molar-refractivity contribution >= 4 is 5.69 Å². The van der Waals surface area contributed by atoms with E-state index in [-0.39, 0.29) is 5.41 Å². The molecule has 1 spiro atoms. The van der Waals surface area contributed by atoms with Crippen LogP contribution in [0.15, 0.2) is 18.2 Å². The monoisotopic (exact) mass is 201 g/mol. The molecule has 1 aromatic rings. The molecular weight excluding hydrogens is 182 g/mol. The van der Waals surface area contributed by atoms with Gasteiger partial charge in [-0.25, -0.2) is 0 Å². The molecule has 15 heavy (non-hydrogen) atoms. The lowest BCUT2D eigenvalue weighted by Crippen LogP contribution is -2.11. The van der Waals surface area contributed by atoms with E-state index in [1.165, 1.54) is 24.1 Å². The van der Waals surface area contributed by atoms with Gasteiger partial charge in [-0.05, 0) is 35.4 Å². The lowest BCUT2D eigenvalue weighted by atomic mass is 9.85. The van der Waals surface area contributed by atoms with Crippen LogP contribution in [0.5, 0.6) is 0 Å². The lowest BCUT2D eigenvalue weighted by Gasteiger charge is -2.20. The number of anilines is 1. The van der Waals surface area contributed by atoms with E-state index >= 15 is 0 Å². The van der Waals surface area contributed by atoms with E-state index in [9.17, 15) is 0 Å². The Morgan fingerprint density at radius 3 is 2.53 bits per heavy atom. The fraction of sp³-hybridized carbons (Fsp3) is 0.571. The van der Waals surface area contributed by atoms with Crippen molar-refractivity contribution in [1.29, 1.82) is 0 Å². The number of nitrogens with one attached hydrogen (secondary N) is 1. The van der Waals surface area contributed by atoms with Crippen LogP contribution in [0.2, 0.25) is 0 Å². The number of benzene rings is 1. The van der Waals surface area contributed by atoms with Gasteiger partial charge in [0.15, 0.2) is 0 Å². The Labute approximate surface area is 91.9 Å². The van der Waals surface area contributed by atoms with E-state index in [1.807, 2.05) is 0 Å². The van der Waals surface area contributed by atoms with Gasteiger partial charge in [-0.15, -0.1) is 0 Å². The summed E-state index contributed by atoms with van der Waals surface area (Å²) >= 11 is 0. The van der Waals surface area contributed by atoms with Crippen LogP contribution in [0.4, 0.5) is 5.69 Å². The third kappa shape index (κ3) is 1.29. The Hall–Kier alpha value is -0.980. The number of fused-ring (bicyclic) bond motifs is 2. The van der Waals surface area contributed by atoms with Crippen molar-refractivity contribution in [1.82, 2.24) is 0 Å². The van der Waals surface area contributed by atoms with E-state index in [0.717, 1.165) is 6.54 Å². The first-order valence-electron chi connectivity index (χ1n) is 5.90. The van der Waals surface area contributed by atoms with Crippen LogP contribution in [0.1, 0.15) is 44.7 Å². The minimum absolute atomic E-state index is 0.260. The highest BCUT2D eigenvalue weighted by Gasteiger charge is 2.48. The molecule has 0 atom stereocenters. The van der Waals surface area contributed by atoms with Gasteiger partial charge >= 0.3 is 0 Å². The summed E-state index contributed by atoms with van der Waals surface area (Å²) in [5.41, 5.74) is 5.18. The average molecular weight is 201 g/mol. The molecule has 2 aliphatic rings. The molecule has 1 fully saturated rings. The molecule has 1 aromatic carbocycles. The minimum atomic E-state index is 0.260. The van der Waals surface area contributed by atoms with Gasteiger partial charge in [-0.3, -0.25) is 0 Å². The van der Waals surface area contributed by atoms with E-state index in [2.05, 4.69) is 44.3 Å². The largest absolute Gasteiger partial charge is 0.384 e. The van der Waals surface area contributed by atoms with Gasteiger partial charge in [0.05, 0.1) is 0 Å². The number of hydrogen-bond donors (Lipinski definition) is 1. The molecule has 1 aliphatic carbocycles. The van der Waals surface area contributed by atoms with Gasteiger partial charge in [0.2, 0.25) is 0 Å². The summed E-state index contributed by atoms with van der Waals surface area (Å²) in [5.74, 6) is 0. The average Bonchev–Trinajstić information content (AvgIpc) is 2.84. The zero-order valence-electron chi connectivity index (χ0n) is 9.85. The third-order valence-electron chi connectivity index (χ3n) is 3.93. The molecule has 3 rings (SSSR count). The van der Waals surface area contributed by atoms with Crippen LogP contribution in [-0.2, 0) is 10.8 Å². The van der Waals surface area contributed by atoms with Crippen molar-refractivity contribution in [3.8, 4) is 0 Å². The minimum Gasteiger partial charge on any atom is -0.384 e. The van der Waals surface area contributed by atoms with E-state index in [0.29, 0.717) is 5.41 Å². The maximum atomic E-state index is 3.57. The molecule has 0 amide bonds. The Morgan fingerprint density at radius 2 is 1.93 bits per heavy atom. The predicted octanol–water partition coefficient (Wildman–Crippen LogP) is 3.44. The third-order valence-corrected chi connectivity index (χ3v) is 3.93. The maximum Gasteiger partial charge on any atom is 0.0382 e. The number of rotatable bonds is 0. The molecule has 1 N–H and O–H groups in total. The number of hydrogen-bond acceptors (Lipinski definition) is 1. The molecule has 1 aliphatic heterocycles. The first-order chi connectivity index (χ1) is 7.01. The van der Waals surface area contributed by atoms with Crippen LogP contribution in [0.25, 0.3) is 0 Å². The summed E-state index contributed by atoms with van der Waals surface area (Å²) in [6, 6.07) is 7.01. The first-order valence-corrected chi connectivity index (χ1v) is 5.90. The molecule has 0 unspecified atom stereocenters. The van der Waals surface area contributed by atoms with Crippen LogP contribution >= 0.6 is 0 Å². The molecule has 1 saturated carbocycles. The molecule has 0 radical (unpaired) electrons. The van der Waals surface area contributed by atoms with Gasteiger partial charge < -0.3 is 5.32 Å². The van der Waals surface area contributed by atoms with E-state index in [4.69, 9.17) is 0 Å². The predicted molar refractivity (Wildman–Crippen MR) is 64.5 cm³/mol. The Morgan fingerprint density at radius 1 is 1.20 bits per heavy atom. The quantitative estimate of drug-likeness (QED) is 0.678. The lowest BCUT2D eigenvalue weighted by molar-refractivity contribution is 0.590. The molecule has 0 saturated heterocycles. The highest BCUT2D eigenvalue weighted by atomic mass is 15.0. The molecular formula is C14H19N. The second-order valence-corrected chi connectivity index (χ2v) is 6.14. The zero-order chi connectivity index (χ0) is 10.7. The van der Waals surface area contributed by atoms with Crippen molar-refractivity contribution < 1.29 is 0 Å². The van der Waals surface area contributed by atoms with Crippen LogP contribution in [0, 0.1) is 0 Å². The Bertz CT molecular complexity index is 408. The SMILES string of the molecule is CC(C)(C)c1ccc2c(c1)NCC21CC1. The summed E-state index contributed by atoms with van der Waals surface area (Å²) in [6.45, 7) is 7.99. The molecule has 80 valence electrons. The van der Waals surface area contributed by atoms with E-state index < -0.39 is 0 Å². The smallest absolute Gasteiger partial charge is 0.0382 e. The fourth-order valence-electron chi connectivity index (χ4n) is 2.58. The van der Waals surface area contributed by atoms with Gasteiger partial charge in [0.1, 0.15) is 0 Å². The fourth-order valence-corrected chi connectivity index (χ4v) is 2.58. The molecule has 0 bridgehead atoms.